The average molecular weight is 283 g/mol. The molecule has 0 aliphatic heterocycles. The van der Waals surface area contributed by atoms with Crippen LogP contribution in [0.1, 0.15) is 107 Å². The fourth-order valence-electron chi connectivity index (χ4n) is 2.86. The van der Waals surface area contributed by atoms with Gasteiger partial charge in [-0.15, -0.1) is 11.8 Å². The third-order valence-electron chi connectivity index (χ3n) is 3.72. The molecule has 0 saturated heterocycles. The molecule has 0 bridgehead atoms. The molecule has 0 aromatic carbocycles. The van der Waals surface area contributed by atoms with E-state index in [0.29, 0.717) is 0 Å². The van der Waals surface area contributed by atoms with E-state index in [-0.39, 0.29) is 0 Å². The van der Waals surface area contributed by atoms with Gasteiger partial charge in [0, 0.05) is 0 Å². The molecule has 0 spiro atoms. The van der Waals surface area contributed by atoms with Gasteiger partial charge in [0.25, 0.3) is 0 Å². The quantitative estimate of drug-likeness (QED) is 0.404. The maximum Gasteiger partial charge on any atom is -0.00271 e. The first kappa shape index (κ1) is 24.6. The molecule has 0 nitrogen and oxygen atoms in total. The van der Waals surface area contributed by atoms with Crippen molar-refractivity contribution in [1.82, 2.24) is 0 Å². The summed E-state index contributed by atoms with van der Waals surface area (Å²) in [6.45, 7) is 15.6. The third-order valence-corrected chi connectivity index (χ3v) is 3.72. The standard InChI is InChI=1S/C10H18.C4H6.3C2H6/c1-2-6-10-8-4-3-7-9(10)5-1;1-3-4-2;3*1-2/h9-10H,1-8H2;1-2H3;3*1-2H3. The van der Waals surface area contributed by atoms with Crippen LogP contribution >= 0.6 is 0 Å². The van der Waals surface area contributed by atoms with E-state index in [1.165, 1.54) is 25.7 Å². The Balaban J connectivity index is -0.000000247. The second-order valence-electron chi connectivity index (χ2n) is 4.59. The topological polar surface area (TPSA) is 0 Å². The van der Waals surface area contributed by atoms with Gasteiger partial charge in [-0.3, -0.25) is 0 Å². The lowest BCUT2D eigenvalue weighted by atomic mass is 9.71. The van der Waals surface area contributed by atoms with Gasteiger partial charge in [0.15, 0.2) is 0 Å². The Hall–Kier alpha value is -0.440. The summed E-state index contributed by atoms with van der Waals surface area (Å²) in [4.78, 5) is 0. The monoisotopic (exact) mass is 282 g/mol. The number of fused-ring (bicyclic) bond motifs is 1. The van der Waals surface area contributed by atoms with Crippen LogP contribution in [-0.2, 0) is 0 Å². The minimum absolute atomic E-state index is 1.16. The lowest BCUT2D eigenvalue weighted by Crippen LogP contribution is -2.22. The van der Waals surface area contributed by atoms with Gasteiger partial charge in [0.05, 0.1) is 0 Å². The van der Waals surface area contributed by atoms with E-state index in [1.54, 1.807) is 25.7 Å². The molecule has 0 atom stereocenters. The van der Waals surface area contributed by atoms with E-state index in [0.717, 1.165) is 11.8 Å². The maximum absolute atomic E-state index is 2.68. The van der Waals surface area contributed by atoms with Gasteiger partial charge in [-0.25, -0.2) is 0 Å². The van der Waals surface area contributed by atoms with Crippen LogP contribution in [0, 0.1) is 23.7 Å². The van der Waals surface area contributed by atoms with Gasteiger partial charge in [0.1, 0.15) is 0 Å². The first-order chi connectivity index (χ1) is 9.88. The summed E-state index contributed by atoms with van der Waals surface area (Å²) in [5.41, 5.74) is 0. The lowest BCUT2D eigenvalue weighted by molar-refractivity contribution is 0.171. The first-order valence-electron chi connectivity index (χ1n) is 9.22. The molecular formula is C20H42. The van der Waals surface area contributed by atoms with Crippen LogP contribution in [0.3, 0.4) is 0 Å². The molecule has 2 aliphatic carbocycles. The zero-order valence-electron chi connectivity index (χ0n) is 15.8. The minimum atomic E-state index is 1.16. The molecule has 0 radical (unpaired) electrons. The van der Waals surface area contributed by atoms with Gasteiger partial charge in [-0.2, -0.15) is 0 Å². The molecule has 2 fully saturated rings. The average Bonchev–Trinajstić information content (AvgIpc) is 2.60. The highest BCUT2D eigenvalue weighted by Gasteiger charge is 2.26. The zero-order valence-corrected chi connectivity index (χ0v) is 15.8. The summed E-state index contributed by atoms with van der Waals surface area (Å²) in [5.74, 6) is 7.67. The van der Waals surface area contributed by atoms with Crippen LogP contribution in [0.4, 0.5) is 0 Å². The number of hydrogen-bond acceptors (Lipinski definition) is 0. The first-order valence-corrected chi connectivity index (χ1v) is 9.22. The molecule has 0 aromatic heterocycles. The molecule has 0 aromatic rings. The predicted molar refractivity (Wildman–Crippen MR) is 97.1 cm³/mol. The summed E-state index contributed by atoms with van der Waals surface area (Å²) < 4.78 is 0. The third kappa shape index (κ3) is 14.0. The Labute approximate surface area is 131 Å². The highest BCUT2D eigenvalue weighted by molar-refractivity contribution is 4.89. The van der Waals surface area contributed by atoms with E-state index in [4.69, 9.17) is 0 Å². The normalized spacial score (nSPS) is 22.0. The molecule has 0 unspecified atom stereocenters. The van der Waals surface area contributed by atoms with Crippen LogP contribution in [0.2, 0.25) is 0 Å². The summed E-state index contributed by atoms with van der Waals surface area (Å²) >= 11 is 0. The Bertz CT molecular complexity index is 162. The molecule has 0 heterocycles. The second-order valence-corrected chi connectivity index (χ2v) is 4.59. The van der Waals surface area contributed by atoms with Gasteiger partial charge < -0.3 is 0 Å². The van der Waals surface area contributed by atoms with Crippen molar-refractivity contribution < 1.29 is 0 Å². The maximum atomic E-state index is 2.68. The minimum Gasteiger partial charge on any atom is -0.107 e. The Morgan fingerprint density at radius 2 is 0.700 bits per heavy atom. The summed E-state index contributed by atoms with van der Waals surface area (Å²) in [6, 6.07) is 0. The van der Waals surface area contributed by atoms with Crippen LogP contribution in [0.25, 0.3) is 0 Å². The molecule has 0 heteroatoms. The van der Waals surface area contributed by atoms with Gasteiger partial charge in [0.2, 0.25) is 0 Å². The van der Waals surface area contributed by atoms with Gasteiger partial charge in [-0.1, -0.05) is 92.9 Å². The predicted octanol–water partition coefficient (Wildman–Crippen LogP) is 7.48. The van der Waals surface area contributed by atoms with Crippen molar-refractivity contribution in [1.29, 1.82) is 0 Å². The summed E-state index contributed by atoms with van der Waals surface area (Å²) in [6.07, 6.45) is 12.4. The molecule has 2 aliphatic rings. The van der Waals surface area contributed by atoms with Crippen LogP contribution in [0.5, 0.6) is 0 Å². The number of rotatable bonds is 0. The summed E-state index contributed by atoms with van der Waals surface area (Å²) in [7, 11) is 0. The number of hydrogen-bond donors (Lipinski definition) is 0. The molecule has 20 heavy (non-hydrogen) atoms. The fraction of sp³-hybridized carbons (Fsp3) is 0.900. The van der Waals surface area contributed by atoms with E-state index in [9.17, 15) is 0 Å². The molecular weight excluding hydrogens is 240 g/mol. The molecule has 2 rings (SSSR count). The van der Waals surface area contributed by atoms with Crippen LogP contribution in [0.15, 0.2) is 0 Å². The largest absolute Gasteiger partial charge is 0.107 e. The van der Waals surface area contributed by atoms with Crippen molar-refractivity contribution in [3.63, 3.8) is 0 Å². The lowest BCUT2D eigenvalue weighted by Gasteiger charge is -2.35. The van der Waals surface area contributed by atoms with Gasteiger partial charge >= 0.3 is 0 Å². The summed E-state index contributed by atoms with van der Waals surface area (Å²) in [5, 5.41) is 0. The molecule has 0 amide bonds. The van der Waals surface area contributed by atoms with Crippen molar-refractivity contribution in [3.8, 4) is 11.8 Å². The van der Waals surface area contributed by atoms with E-state index >= 15 is 0 Å². The SMILES string of the molecule is C1CCC2CCCCC2C1.CC.CC.CC.CC#CC. The smallest absolute Gasteiger partial charge is 0.00271 e. The highest BCUT2D eigenvalue weighted by Crippen LogP contribution is 2.39. The second kappa shape index (κ2) is 23.6. The molecule has 2 saturated carbocycles. The Morgan fingerprint density at radius 1 is 0.500 bits per heavy atom. The zero-order chi connectivity index (χ0) is 16.2. The van der Waals surface area contributed by atoms with Crippen molar-refractivity contribution >= 4 is 0 Å². The van der Waals surface area contributed by atoms with E-state index in [2.05, 4.69) is 11.8 Å². The van der Waals surface area contributed by atoms with Crippen molar-refractivity contribution in [2.75, 3.05) is 0 Å². The van der Waals surface area contributed by atoms with Crippen LogP contribution in [-0.4, -0.2) is 0 Å². The van der Waals surface area contributed by atoms with E-state index < -0.39 is 0 Å². The highest BCUT2D eigenvalue weighted by atomic mass is 14.3. The molecule has 0 N–H and O–H groups in total. The van der Waals surface area contributed by atoms with Crippen molar-refractivity contribution in [2.24, 2.45) is 11.8 Å². The van der Waals surface area contributed by atoms with E-state index in [1.807, 2.05) is 55.4 Å². The van der Waals surface area contributed by atoms with Gasteiger partial charge in [-0.05, 0) is 25.7 Å². The van der Waals surface area contributed by atoms with Crippen molar-refractivity contribution in [2.45, 2.75) is 107 Å². The van der Waals surface area contributed by atoms with Crippen LogP contribution < -0.4 is 0 Å². The Morgan fingerprint density at radius 3 is 0.850 bits per heavy atom. The van der Waals surface area contributed by atoms with Crippen molar-refractivity contribution in [3.05, 3.63) is 0 Å². The fourth-order valence-corrected chi connectivity index (χ4v) is 2.86. The molecule has 122 valence electrons. The Kier molecular flexibility index (Phi) is 29.0.